The van der Waals surface area contributed by atoms with Crippen molar-refractivity contribution in [1.82, 2.24) is 20.4 Å². The van der Waals surface area contributed by atoms with Gasteiger partial charge in [0.2, 0.25) is 5.89 Å². The quantitative estimate of drug-likeness (QED) is 0.320. The lowest BCUT2D eigenvalue weighted by Crippen LogP contribution is -2.41. The number of hydrogen-bond donors (Lipinski definition) is 1. The molecule has 0 saturated carbocycles. The Bertz CT molecular complexity index is 739. The summed E-state index contributed by atoms with van der Waals surface area (Å²) in [5.74, 6) is 2.18. The standard InChI is InChI=1S/C19H28FN5O2.HI/c1-5-21-19(22-11-10-17-23-18(14(2)3)24-27-17)25(4)12-13-26-16-9-7-6-8-15(16)20;/h6-9,14H,5,10-13H2,1-4H3,(H,21,22);1H. The smallest absolute Gasteiger partial charge is 0.228 e. The van der Waals surface area contributed by atoms with Crippen molar-refractivity contribution in [3.05, 3.63) is 41.8 Å². The Morgan fingerprint density at radius 1 is 1.36 bits per heavy atom. The summed E-state index contributed by atoms with van der Waals surface area (Å²) in [6.45, 7) is 8.24. The van der Waals surface area contributed by atoms with Gasteiger partial charge in [-0.2, -0.15) is 4.98 Å². The number of nitrogens with zero attached hydrogens (tertiary/aromatic N) is 4. The zero-order chi connectivity index (χ0) is 19.6. The lowest BCUT2D eigenvalue weighted by atomic mass is 10.2. The average molecular weight is 505 g/mol. The summed E-state index contributed by atoms with van der Waals surface area (Å²) in [5.41, 5.74) is 0. The Labute approximate surface area is 182 Å². The van der Waals surface area contributed by atoms with Crippen LogP contribution in [-0.2, 0) is 6.42 Å². The molecule has 156 valence electrons. The molecule has 0 aliphatic heterocycles. The molecule has 0 spiro atoms. The maximum atomic E-state index is 13.6. The first-order valence-corrected chi connectivity index (χ1v) is 9.20. The van der Waals surface area contributed by atoms with Crippen molar-refractivity contribution >= 4 is 29.9 Å². The lowest BCUT2D eigenvalue weighted by Gasteiger charge is -2.22. The first-order valence-electron chi connectivity index (χ1n) is 9.20. The fourth-order valence-electron chi connectivity index (χ4n) is 2.29. The predicted octanol–water partition coefficient (Wildman–Crippen LogP) is 3.47. The lowest BCUT2D eigenvalue weighted by molar-refractivity contribution is 0.270. The van der Waals surface area contributed by atoms with E-state index in [2.05, 4.69) is 20.4 Å². The minimum atomic E-state index is -0.360. The van der Waals surface area contributed by atoms with E-state index in [0.29, 0.717) is 37.8 Å². The van der Waals surface area contributed by atoms with Crippen molar-refractivity contribution in [2.24, 2.45) is 4.99 Å². The molecule has 0 fully saturated rings. The zero-order valence-corrected chi connectivity index (χ0v) is 19.1. The molecule has 9 heteroatoms. The third-order valence-corrected chi connectivity index (χ3v) is 3.80. The SMILES string of the molecule is CCNC(=NCCc1nc(C(C)C)no1)N(C)CCOc1ccccc1F.I. The first-order chi connectivity index (χ1) is 13.0. The molecule has 0 aliphatic rings. The summed E-state index contributed by atoms with van der Waals surface area (Å²) in [4.78, 5) is 10.9. The Hall–Kier alpha value is -1.91. The van der Waals surface area contributed by atoms with Crippen LogP contribution in [-0.4, -0.2) is 54.3 Å². The highest BCUT2D eigenvalue weighted by Crippen LogP contribution is 2.15. The van der Waals surface area contributed by atoms with Gasteiger partial charge < -0.3 is 19.5 Å². The largest absolute Gasteiger partial charge is 0.489 e. The number of para-hydroxylation sites is 1. The molecule has 0 bridgehead atoms. The van der Waals surface area contributed by atoms with E-state index in [1.807, 2.05) is 32.7 Å². The van der Waals surface area contributed by atoms with Crippen molar-refractivity contribution in [3.63, 3.8) is 0 Å². The van der Waals surface area contributed by atoms with E-state index in [4.69, 9.17) is 9.26 Å². The number of hydrogen-bond acceptors (Lipinski definition) is 5. The molecule has 7 nitrogen and oxygen atoms in total. The van der Waals surface area contributed by atoms with Crippen LogP contribution in [0.2, 0.25) is 0 Å². The average Bonchev–Trinajstić information content (AvgIpc) is 3.12. The number of ether oxygens (including phenoxy) is 1. The van der Waals surface area contributed by atoms with E-state index in [1.54, 1.807) is 18.2 Å². The van der Waals surface area contributed by atoms with Gasteiger partial charge in [-0.25, -0.2) is 4.39 Å². The number of nitrogens with one attached hydrogen (secondary N) is 1. The van der Waals surface area contributed by atoms with Crippen molar-refractivity contribution in [2.75, 3.05) is 33.3 Å². The summed E-state index contributed by atoms with van der Waals surface area (Å²) in [6.07, 6.45) is 0.578. The normalized spacial score (nSPS) is 11.3. The number of guanidine groups is 1. The van der Waals surface area contributed by atoms with Crippen LogP contribution in [0.3, 0.4) is 0 Å². The summed E-state index contributed by atoms with van der Waals surface area (Å²) in [5, 5.41) is 7.19. The fraction of sp³-hybridized carbons (Fsp3) is 0.526. The second kappa shape index (κ2) is 12.5. The van der Waals surface area contributed by atoms with Crippen molar-refractivity contribution < 1.29 is 13.7 Å². The van der Waals surface area contributed by atoms with Crippen molar-refractivity contribution in [1.29, 1.82) is 0 Å². The monoisotopic (exact) mass is 505 g/mol. The van der Waals surface area contributed by atoms with Gasteiger partial charge in [0.05, 0.1) is 13.1 Å². The molecular formula is C19H29FIN5O2. The number of benzene rings is 1. The molecule has 0 saturated heterocycles. The number of aromatic nitrogens is 2. The highest BCUT2D eigenvalue weighted by molar-refractivity contribution is 14.0. The van der Waals surface area contributed by atoms with Gasteiger partial charge in [0.25, 0.3) is 0 Å². The van der Waals surface area contributed by atoms with Crippen molar-refractivity contribution in [2.45, 2.75) is 33.1 Å². The number of likely N-dealkylation sites (N-methyl/N-ethyl adjacent to an activating group) is 1. The molecule has 1 aromatic heterocycles. The van der Waals surface area contributed by atoms with E-state index >= 15 is 0 Å². The van der Waals surface area contributed by atoms with Crippen LogP contribution < -0.4 is 10.1 Å². The minimum absolute atomic E-state index is 0. The van der Waals surface area contributed by atoms with E-state index in [9.17, 15) is 4.39 Å². The van der Waals surface area contributed by atoms with Crippen LogP contribution in [0, 0.1) is 5.82 Å². The molecule has 0 atom stereocenters. The van der Waals surface area contributed by atoms with Crippen LogP contribution in [0.1, 0.15) is 38.4 Å². The second-order valence-electron chi connectivity index (χ2n) is 6.39. The molecular weight excluding hydrogens is 476 g/mol. The van der Waals surface area contributed by atoms with Crippen LogP contribution in [0.25, 0.3) is 0 Å². The molecule has 0 unspecified atom stereocenters. The minimum Gasteiger partial charge on any atom is -0.489 e. The molecule has 0 radical (unpaired) electrons. The van der Waals surface area contributed by atoms with E-state index in [0.717, 1.165) is 12.5 Å². The number of rotatable bonds is 9. The molecule has 1 N–H and O–H groups in total. The fourth-order valence-corrected chi connectivity index (χ4v) is 2.29. The summed E-state index contributed by atoms with van der Waals surface area (Å²) in [6, 6.07) is 6.38. The first kappa shape index (κ1) is 24.1. The van der Waals surface area contributed by atoms with Gasteiger partial charge >= 0.3 is 0 Å². The van der Waals surface area contributed by atoms with Crippen LogP contribution in [0.15, 0.2) is 33.8 Å². The molecule has 28 heavy (non-hydrogen) atoms. The molecule has 2 rings (SSSR count). The third kappa shape index (κ3) is 7.61. The molecule has 0 aliphatic carbocycles. The van der Waals surface area contributed by atoms with Gasteiger partial charge in [0.1, 0.15) is 6.61 Å². The predicted molar refractivity (Wildman–Crippen MR) is 118 cm³/mol. The van der Waals surface area contributed by atoms with E-state index < -0.39 is 0 Å². The Morgan fingerprint density at radius 3 is 2.75 bits per heavy atom. The summed E-state index contributed by atoms with van der Waals surface area (Å²) < 4.78 is 24.3. The Kier molecular flexibility index (Phi) is 10.8. The Morgan fingerprint density at radius 2 is 2.11 bits per heavy atom. The second-order valence-corrected chi connectivity index (χ2v) is 6.39. The summed E-state index contributed by atoms with van der Waals surface area (Å²) >= 11 is 0. The van der Waals surface area contributed by atoms with Crippen LogP contribution in [0.5, 0.6) is 5.75 Å². The summed E-state index contributed by atoms with van der Waals surface area (Å²) in [7, 11) is 1.91. The zero-order valence-electron chi connectivity index (χ0n) is 16.8. The van der Waals surface area contributed by atoms with Crippen LogP contribution >= 0.6 is 24.0 Å². The molecule has 1 heterocycles. The van der Waals surface area contributed by atoms with Gasteiger partial charge in [-0.3, -0.25) is 4.99 Å². The third-order valence-electron chi connectivity index (χ3n) is 3.80. The number of aliphatic imine (C=N–C) groups is 1. The van der Waals surface area contributed by atoms with Gasteiger partial charge in [0, 0.05) is 25.9 Å². The van der Waals surface area contributed by atoms with E-state index in [-0.39, 0.29) is 41.5 Å². The topological polar surface area (TPSA) is 75.8 Å². The van der Waals surface area contributed by atoms with Crippen LogP contribution in [0.4, 0.5) is 4.39 Å². The van der Waals surface area contributed by atoms with Gasteiger partial charge in [-0.05, 0) is 19.1 Å². The molecule has 2 aromatic rings. The highest BCUT2D eigenvalue weighted by atomic mass is 127. The number of halogens is 2. The molecule has 0 amide bonds. The van der Waals surface area contributed by atoms with Gasteiger partial charge in [0.15, 0.2) is 23.4 Å². The maximum Gasteiger partial charge on any atom is 0.228 e. The van der Waals surface area contributed by atoms with Crippen molar-refractivity contribution in [3.8, 4) is 5.75 Å². The molecule has 1 aromatic carbocycles. The van der Waals surface area contributed by atoms with Gasteiger partial charge in [-0.1, -0.05) is 31.1 Å². The van der Waals surface area contributed by atoms with E-state index in [1.165, 1.54) is 6.07 Å². The Balaban J connectivity index is 0.00000392. The maximum absolute atomic E-state index is 13.6. The highest BCUT2D eigenvalue weighted by Gasteiger charge is 2.10. The van der Waals surface area contributed by atoms with Gasteiger partial charge in [-0.15, -0.1) is 24.0 Å².